The molecule has 1 aliphatic rings. The summed E-state index contributed by atoms with van der Waals surface area (Å²) < 4.78 is 44.3. The summed E-state index contributed by atoms with van der Waals surface area (Å²) in [6.07, 6.45) is -3.20. The maximum atomic E-state index is 12.8. The molecule has 1 amide bonds. The molecule has 150 valence electrons. The summed E-state index contributed by atoms with van der Waals surface area (Å²) in [4.78, 5) is 22.6. The molecule has 1 aromatic heterocycles. The molecule has 1 aromatic carbocycles. The van der Waals surface area contributed by atoms with E-state index in [2.05, 4.69) is 9.97 Å². The van der Waals surface area contributed by atoms with Crippen molar-refractivity contribution in [3.05, 3.63) is 53.0 Å². The fraction of sp³-hybridized carbons (Fsp3) is 0.450. The van der Waals surface area contributed by atoms with Crippen LogP contribution in [0.4, 0.5) is 13.2 Å². The molecule has 0 N–H and O–H groups in total. The highest BCUT2D eigenvalue weighted by atomic mass is 19.4. The highest BCUT2D eigenvalue weighted by molar-refractivity contribution is 5.79. The SMILES string of the molecule is Cc1cc(OC2CCN(C(=O)Cc3cccc(C(F)(F)F)c3)CC2)nc(C)n1. The van der Waals surface area contributed by atoms with E-state index in [-0.39, 0.29) is 18.4 Å². The minimum absolute atomic E-state index is 0.0419. The standard InChI is InChI=1S/C20H22F3N3O2/c1-13-10-18(25-14(2)24-13)28-17-6-8-26(9-7-17)19(27)12-15-4-3-5-16(11-15)20(21,22)23/h3-5,10-11,17H,6-9,12H2,1-2H3. The molecule has 0 bridgehead atoms. The van der Waals surface area contributed by atoms with E-state index >= 15 is 0 Å². The number of halogens is 3. The van der Waals surface area contributed by atoms with Gasteiger partial charge in [0.25, 0.3) is 0 Å². The average Bonchev–Trinajstić information content (AvgIpc) is 2.61. The van der Waals surface area contributed by atoms with Crippen LogP contribution in [0.25, 0.3) is 0 Å². The summed E-state index contributed by atoms with van der Waals surface area (Å²) in [6, 6.07) is 6.69. The van der Waals surface area contributed by atoms with Crippen molar-refractivity contribution in [2.75, 3.05) is 13.1 Å². The first-order chi connectivity index (χ1) is 13.2. The molecule has 1 saturated heterocycles. The summed E-state index contributed by atoms with van der Waals surface area (Å²) in [5.41, 5.74) is 0.460. The molecule has 5 nitrogen and oxygen atoms in total. The number of nitrogens with zero attached hydrogens (tertiary/aromatic N) is 3. The maximum Gasteiger partial charge on any atom is 0.416 e. The molecule has 3 rings (SSSR count). The van der Waals surface area contributed by atoms with Crippen molar-refractivity contribution in [2.45, 2.75) is 45.4 Å². The molecule has 2 heterocycles. The van der Waals surface area contributed by atoms with Gasteiger partial charge in [0.1, 0.15) is 11.9 Å². The topological polar surface area (TPSA) is 55.3 Å². The zero-order valence-corrected chi connectivity index (χ0v) is 15.8. The number of carbonyl (C=O) groups excluding carboxylic acids is 1. The van der Waals surface area contributed by atoms with Gasteiger partial charge >= 0.3 is 6.18 Å². The Kier molecular flexibility index (Phi) is 5.86. The number of alkyl halides is 3. The van der Waals surface area contributed by atoms with Gasteiger partial charge in [-0.05, 0) is 25.5 Å². The predicted octanol–water partition coefficient (Wildman–Crippen LogP) is 3.72. The Labute approximate surface area is 161 Å². The lowest BCUT2D eigenvalue weighted by Gasteiger charge is -2.32. The van der Waals surface area contributed by atoms with Gasteiger partial charge in [-0.25, -0.2) is 4.98 Å². The Hall–Kier alpha value is -2.64. The van der Waals surface area contributed by atoms with Gasteiger partial charge in [0.2, 0.25) is 11.8 Å². The second-order valence-electron chi connectivity index (χ2n) is 6.97. The van der Waals surface area contributed by atoms with Gasteiger partial charge in [-0.15, -0.1) is 0 Å². The highest BCUT2D eigenvalue weighted by Crippen LogP contribution is 2.29. The molecule has 1 fully saturated rings. The first-order valence-corrected chi connectivity index (χ1v) is 9.13. The summed E-state index contributed by atoms with van der Waals surface area (Å²) >= 11 is 0. The quantitative estimate of drug-likeness (QED) is 0.794. The van der Waals surface area contributed by atoms with E-state index in [1.165, 1.54) is 6.07 Å². The van der Waals surface area contributed by atoms with Crippen molar-refractivity contribution in [2.24, 2.45) is 0 Å². The minimum atomic E-state index is -4.41. The van der Waals surface area contributed by atoms with Crippen molar-refractivity contribution in [3.8, 4) is 5.88 Å². The van der Waals surface area contributed by atoms with Gasteiger partial charge in [0.05, 0.1) is 12.0 Å². The molecule has 1 aliphatic heterocycles. The van der Waals surface area contributed by atoms with Crippen LogP contribution in [0.3, 0.4) is 0 Å². The lowest BCUT2D eigenvalue weighted by atomic mass is 10.0. The average molecular weight is 393 g/mol. The van der Waals surface area contributed by atoms with E-state index in [1.54, 1.807) is 24.0 Å². The third-order valence-corrected chi connectivity index (χ3v) is 4.63. The number of likely N-dealkylation sites (tertiary alicyclic amines) is 1. The second-order valence-corrected chi connectivity index (χ2v) is 6.97. The minimum Gasteiger partial charge on any atom is -0.474 e. The van der Waals surface area contributed by atoms with Crippen LogP contribution in [0.15, 0.2) is 30.3 Å². The van der Waals surface area contributed by atoms with Crippen LogP contribution >= 0.6 is 0 Å². The second kappa shape index (κ2) is 8.16. The number of hydrogen-bond acceptors (Lipinski definition) is 4. The van der Waals surface area contributed by atoms with Gasteiger partial charge < -0.3 is 9.64 Å². The van der Waals surface area contributed by atoms with Crippen LogP contribution in [0, 0.1) is 13.8 Å². The van der Waals surface area contributed by atoms with Gasteiger partial charge in [0.15, 0.2) is 0 Å². The Morgan fingerprint density at radius 1 is 1.18 bits per heavy atom. The van der Waals surface area contributed by atoms with Crippen LogP contribution in [0.5, 0.6) is 5.88 Å². The Morgan fingerprint density at radius 3 is 2.54 bits per heavy atom. The molecule has 0 aliphatic carbocycles. The molecule has 0 atom stereocenters. The van der Waals surface area contributed by atoms with E-state index in [1.807, 2.05) is 6.92 Å². The number of benzene rings is 1. The van der Waals surface area contributed by atoms with Gasteiger partial charge in [-0.2, -0.15) is 18.2 Å². The van der Waals surface area contributed by atoms with Crippen molar-refractivity contribution >= 4 is 5.91 Å². The van der Waals surface area contributed by atoms with E-state index < -0.39 is 11.7 Å². The number of amides is 1. The highest BCUT2D eigenvalue weighted by Gasteiger charge is 2.31. The van der Waals surface area contributed by atoms with E-state index in [0.717, 1.165) is 17.8 Å². The first kappa shape index (κ1) is 20.1. The number of aromatic nitrogens is 2. The zero-order valence-electron chi connectivity index (χ0n) is 15.8. The lowest BCUT2D eigenvalue weighted by molar-refractivity contribution is -0.138. The van der Waals surface area contributed by atoms with Crippen molar-refractivity contribution in [3.63, 3.8) is 0 Å². The third-order valence-electron chi connectivity index (χ3n) is 4.63. The Morgan fingerprint density at radius 2 is 1.89 bits per heavy atom. The molecule has 0 saturated carbocycles. The van der Waals surface area contributed by atoms with Crippen molar-refractivity contribution < 1.29 is 22.7 Å². The van der Waals surface area contributed by atoms with Gasteiger partial charge in [-0.1, -0.05) is 18.2 Å². The number of rotatable bonds is 4. The molecule has 0 radical (unpaired) electrons. The van der Waals surface area contributed by atoms with Crippen LogP contribution in [0.1, 0.15) is 35.5 Å². The summed E-state index contributed by atoms with van der Waals surface area (Å²) in [5.74, 6) is 0.994. The summed E-state index contributed by atoms with van der Waals surface area (Å²) in [6.45, 7) is 4.68. The predicted molar refractivity (Wildman–Crippen MR) is 96.9 cm³/mol. The number of aryl methyl sites for hydroxylation is 2. The van der Waals surface area contributed by atoms with Crippen LogP contribution < -0.4 is 4.74 Å². The fourth-order valence-electron chi connectivity index (χ4n) is 3.28. The maximum absolute atomic E-state index is 12.8. The van der Waals surface area contributed by atoms with Crippen molar-refractivity contribution in [1.82, 2.24) is 14.9 Å². The van der Waals surface area contributed by atoms with Crippen LogP contribution in [-0.4, -0.2) is 40.0 Å². The first-order valence-electron chi connectivity index (χ1n) is 9.13. The molecule has 2 aromatic rings. The molecule has 0 unspecified atom stereocenters. The fourth-order valence-corrected chi connectivity index (χ4v) is 3.28. The number of carbonyl (C=O) groups is 1. The Bertz CT molecular complexity index is 827. The summed E-state index contributed by atoms with van der Waals surface area (Å²) in [7, 11) is 0. The number of hydrogen-bond donors (Lipinski definition) is 0. The van der Waals surface area contributed by atoms with Crippen molar-refractivity contribution in [1.29, 1.82) is 0 Å². The molecular formula is C20H22F3N3O2. The van der Waals surface area contributed by atoms with Crippen LogP contribution in [-0.2, 0) is 17.4 Å². The smallest absolute Gasteiger partial charge is 0.416 e. The van der Waals surface area contributed by atoms with Gasteiger partial charge in [0, 0.05) is 37.7 Å². The zero-order chi connectivity index (χ0) is 20.3. The van der Waals surface area contributed by atoms with E-state index in [0.29, 0.717) is 43.2 Å². The third kappa shape index (κ3) is 5.21. The van der Waals surface area contributed by atoms with Crippen LogP contribution in [0.2, 0.25) is 0 Å². The lowest BCUT2D eigenvalue weighted by Crippen LogP contribution is -2.42. The molecule has 28 heavy (non-hydrogen) atoms. The molecular weight excluding hydrogens is 371 g/mol. The number of ether oxygens (including phenoxy) is 1. The van der Waals surface area contributed by atoms with E-state index in [4.69, 9.17) is 4.74 Å². The molecule has 0 spiro atoms. The normalized spacial score (nSPS) is 15.5. The summed E-state index contributed by atoms with van der Waals surface area (Å²) in [5, 5.41) is 0. The number of piperidine rings is 1. The monoisotopic (exact) mass is 393 g/mol. The van der Waals surface area contributed by atoms with E-state index in [9.17, 15) is 18.0 Å². The largest absolute Gasteiger partial charge is 0.474 e. The molecule has 8 heteroatoms. The van der Waals surface area contributed by atoms with Gasteiger partial charge in [-0.3, -0.25) is 4.79 Å². The Balaban J connectivity index is 1.54.